The summed E-state index contributed by atoms with van der Waals surface area (Å²) in [6.45, 7) is 14.6. The summed E-state index contributed by atoms with van der Waals surface area (Å²) in [6, 6.07) is 9.17. The average molecular weight is 1310 g/mol. The number of aliphatic hydroxyl groups excluding tert-OH is 11. The Kier molecular flexibility index (Phi) is 20.5. The maximum atomic E-state index is 13.8. The molecule has 4 saturated heterocycles. The fourth-order valence-corrected chi connectivity index (χ4v) is 18.0. The van der Waals surface area contributed by atoms with E-state index in [1.54, 1.807) is 6.08 Å². The summed E-state index contributed by atoms with van der Waals surface area (Å²) in [7, 11) is 0. The van der Waals surface area contributed by atoms with Crippen molar-refractivity contribution in [3.05, 3.63) is 53.6 Å². The highest BCUT2D eigenvalue weighted by molar-refractivity contribution is 5.87. The molecule has 0 spiro atoms. The first-order valence-corrected chi connectivity index (χ1v) is 31.9. The van der Waals surface area contributed by atoms with Crippen molar-refractivity contribution in [3.63, 3.8) is 0 Å². The van der Waals surface area contributed by atoms with Crippen molar-refractivity contribution in [2.24, 2.45) is 50.2 Å². The van der Waals surface area contributed by atoms with Gasteiger partial charge < -0.3 is 113 Å². The van der Waals surface area contributed by atoms with Crippen LogP contribution in [0.2, 0.25) is 0 Å². The second kappa shape index (κ2) is 26.7. The highest BCUT2D eigenvalue weighted by Gasteiger charge is 2.75. The van der Waals surface area contributed by atoms with Crippen LogP contribution in [0.3, 0.4) is 0 Å². The minimum Gasteiger partial charge on any atom is -0.479 e. The average Bonchev–Trinajstić information content (AvgIpc) is 0.668. The van der Waals surface area contributed by atoms with Gasteiger partial charge in [-0.1, -0.05) is 90.4 Å². The van der Waals surface area contributed by atoms with E-state index < -0.39 is 224 Å². The van der Waals surface area contributed by atoms with Crippen LogP contribution in [0.15, 0.2) is 48.1 Å². The molecule has 12 N–H and O–H groups in total. The fourth-order valence-electron chi connectivity index (χ4n) is 18.0. The molecule has 0 amide bonds. The van der Waals surface area contributed by atoms with E-state index in [1.165, 1.54) is 19.9 Å². The summed E-state index contributed by atoms with van der Waals surface area (Å²) in [6.07, 6.45) is -29.7. The third-order valence-corrected chi connectivity index (χ3v) is 23.0. The maximum absolute atomic E-state index is 13.8. The first-order chi connectivity index (χ1) is 43.2. The molecule has 8 fully saturated rings. The topological polar surface area (TPSA) is 413 Å². The number of carbonyl (C=O) groups is 4. The van der Waals surface area contributed by atoms with Crippen molar-refractivity contribution < 1.29 is 133 Å². The number of benzene rings is 1. The molecule has 1 aromatic rings. The molecule has 0 bridgehead atoms. The number of carboxylic acids is 1. The standard InChI is InChI=1S/C65H94O27/c1-29(68)84-40-24-64(9)32(33-23-60(3,4)53(54(85-30(2)69)65(33,40)28-67)88-41(72)18-15-31-13-11-10-12-14-31)16-17-38-62(7)21-20-39(61(5,6)37(62)19-22-63(38,64)8)87-59-52(92-57-47(78)45(76)44(75)36(25-66)86-57)49(48(79)50(90-59)55(80)81)89-58-51(43(74)35(71)27-83-58)91-56-46(77)42(73)34(70)26-82-56/h10-16,18,33-40,42-54,56-59,66-67,70-71,73-79H,17,19-28H2,1-9H3,(H,80,81)/b18-15+/t33-,34+,35-,36+,37-,38+,39-,40+,42-,43-,44-,45-,46+,47+,48-,49-,50-,51+,52+,53-,54-,56-,57-,58-,59+,62-,63+,64+,65-/m0/s1. The van der Waals surface area contributed by atoms with Crippen LogP contribution in [-0.2, 0) is 71.3 Å². The molecule has 27 heteroatoms. The van der Waals surface area contributed by atoms with E-state index in [9.17, 15) is 80.5 Å². The molecule has 92 heavy (non-hydrogen) atoms. The third-order valence-electron chi connectivity index (χ3n) is 23.0. The fraction of sp³-hybridized carbons (Fsp3) is 0.785. The predicted molar refractivity (Wildman–Crippen MR) is 314 cm³/mol. The Hall–Kier alpha value is -4.18. The van der Waals surface area contributed by atoms with E-state index in [2.05, 4.69) is 26.8 Å². The molecule has 5 aliphatic carbocycles. The third kappa shape index (κ3) is 12.3. The number of aliphatic carboxylic acids is 1. The maximum Gasteiger partial charge on any atom is 0.335 e. The van der Waals surface area contributed by atoms with Crippen LogP contribution >= 0.6 is 0 Å². The van der Waals surface area contributed by atoms with Crippen molar-refractivity contribution in [1.82, 2.24) is 0 Å². The number of carbonyl (C=O) groups excluding carboxylic acids is 3. The van der Waals surface area contributed by atoms with Crippen molar-refractivity contribution in [2.45, 2.75) is 242 Å². The Balaban J connectivity index is 0.970. The lowest BCUT2D eigenvalue weighted by atomic mass is 9.33. The van der Waals surface area contributed by atoms with Crippen LogP contribution < -0.4 is 0 Å². The van der Waals surface area contributed by atoms with Crippen LogP contribution in [0.4, 0.5) is 0 Å². The number of ether oxygens (including phenoxy) is 11. The highest BCUT2D eigenvalue weighted by Crippen LogP contribution is 2.76. The SMILES string of the molecule is CC(=O)O[C@@H]1C[C@]2(C)C(=CC[C@@H]3[C@@]4(C)CC[C@H](O[C@@H]5O[C@H](C(=O)O)[C@@H](O)[C@H](O[C@@H]6OC[C@H](O)[C@H](O)[C@H]6O[C@@H]6OC[C@@H](O)[C@H](O)[C@H]6O)[C@H]5O[C@@H]5O[C@H](CO)[C@H](O)[C@H](O)[C@H]5O)C(C)(C)[C@@H]4CC[C@]32C)[C@@H]2CC(C)(C)[C@@H](OC(=O)/C=C/c3ccccc3)[C@H](OC(C)=O)[C@]12CO. The first kappa shape index (κ1) is 70.6. The van der Waals surface area contributed by atoms with E-state index >= 15 is 0 Å². The molecular weight excluding hydrogens is 1210 g/mol. The lowest BCUT2D eigenvalue weighted by Crippen LogP contribution is -2.73. The summed E-state index contributed by atoms with van der Waals surface area (Å²) in [5.74, 6) is -4.44. The monoisotopic (exact) mass is 1310 g/mol. The Bertz CT molecular complexity index is 2870. The molecule has 1 aromatic carbocycles. The minimum atomic E-state index is -2.23. The van der Waals surface area contributed by atoms with E-state index in [0.29, 0.717) is 38.5 Å². The molecule has 0 radical (unpaired) electrons. The van der Waals surface area contributed by atoms with Crippen LogP contribution in [0, 0.1) is 50.2 Å². The molecule has 4 heterocycles. The quantitative estimate of drug-likeness (QED) is 0.0344. The zero-order chi connectivity index (χ0) is 67.1. The zero-order valence-corrected chi connectivity index (χ0v) is 53.3. The lowest BCUT2D eigenvalue weighted by molar-refractivity contribution is -0.399. The molecule has 9 aliphatic rings. The van der Waals surface area contributed by atoms with Crippen molar-refractivity contribution >= 4 is 30.0 Å². The van der Waals surface area contributed by atoms with Crippen molar-refractivity contribution in [3.8, 4) is 0 Å². The van der Waals surface area contributed by atoms with Crippen LogP contribution in [0.1, 0.15) is 113 Å². The van der Waals surface area contributed by atoms with Crippen LogP contribution in [0.5, 0.6) is 0 Å². The summed E-state index contributed by atoms with van der Waals surface area (Å²) < 4.78 is 67.8. The number of allylic oxidation sites excluding steroid dienone is 2. The van der Waals surface area contributed by atoms with Crippen molar-refractivity contribution in [2.75, 3.05) is 26.4 Å². The van der Waals surface area contributed by atoms with Gasteiger partial charge in [0.15, 0.2) is 37.4 Å². The summed E-state index contributed by atoms with van der Waals surface area (Å²) in [4.78, 5) is 53.9. The number of carboxylic acid groups (broad SMARTS) is 1. The number of hydrogen-bond acceptors (Lipinski definition) is 26. The molecule has 516 valence electrons. The smallest absolute Gasteiger partial charge is 0.335 e. The molecule has 10 rings (SSSR count). The molecule has 4 aliphatic heterocycles. The second-order valence-electron chi connectivity index (χ2n) is 29.0. The predicted octanol–water partition coefficient (Wildman–Crippen LogP) is 0.127. The van der Waals surface area contributed by atoms with Crippen LogP contribution in [0.25, 0.3) is 6.08 Å². The first-order valence-electron chi connectivity index (χ1n) is 31.9. The Morgan fingerprint density at radius 1 is 0.609 bits per heavy atom. The largest absolute Gasteiger partial charge is 0.479 e. The second-order valence-corrected chi connectivity index (χ2v) is 29.0. The number of esters is 3. The van der Waals surface area contributed by atoms with Gasteiger partial charge in [0.25, 0.3) is 0 Å². The van der Waals surface area contributed by atoms with Crippen molar-refractivity contribution in [1.29, 1.82) is 0 Å². The van der Waals surface area contributed by atoms with Gasteiger partial charge in [-0.3, -0.25) is 9.59 Å². The lowest BCUT2D eigenvalue weighted by Gasteiger charge is -2.72. The normalized spacial score (nSPS) is 47.3. The van der Waals surface area contributed by atoms with Gasteiger partial charge in [0.2, 0.25) is 0 Å². The summed E-state index contributed by atoms with van der Waals surface area (Å²) >= 11 is 0. The number of aliphatic hydroxyl groups is 11. The van der Waals surface area contributed by atoms with Gasteiger partial charge in [-0.15, -0.1) is 0 Å². The number of fused-ring (bicyclic) bond motifs is 7. The van der Waals surface area contributed by atoms with E-state index in [0.717, 1.165) is 11.1 Å². The van der Waals surface area contributed by atoms with E-state index in [-0.39, 0.29) is 18.3 Å². The number of hydrogen-bond donors (Lipinski definition) is 12. The van der Waals surface area contributed by atoms with Crippen LogP contribution in [-0.4, -0.2) is 247 Å². The van der Waals surface area contributed by atoms with Gasteiger partial charge in [-0.2, -0.15) is 0 Å². The highest BCUT2D eigenvalue weighted by atomic mass is 16.8. The van der Waals surface area contributed by atoms with Gasteiger partial charge in [0.1, 0.15) is 91.6 Å². The van der Waals surface area contributed by atoms with Gasteiger partial charge >= 0.3 is 23.9 Å². The molecule has 0 aromatic heterocycles. The Morgan fingerprint density at radius 2 is 1.24 bits per heavy atom. The molecule has 29 atom stereocenters. The Labute approximate surface area is 533 Å². The molecule has 0 unspecified atom stereocenters. The summed E-state index contributed by atoms with van der Waals surface area (Å²) in [5, 5.41) is 132. The van der Waals surface area contributed by atoms with Gasteiger partial charge in [0, 0.05) is 25.3 Å². The zero-order valence-electron chi connectivity index (χ0n) is 53.3. The van der Waals surface area contributed by atoms with Gasteiger partial charge in [-0.05, 0) is 96.0 Å². The van der Waals surface area contributed by atoms with Gasteiger partial charge in [-0.25, -0.2) is 9.59 Å². The molecule has 27 nitrogen and oxygen atoms in total. The number of rotatable bonds is 16. The molecule has 4 saturated carbocycles. The molecular formula is C65H94O27. The van der Waals surface area contributed by atoms with Gasteiger partial charge in [0.05, 0.1) is 37.9 Å². The van der Waals surface area contributed by atoms with E-state index in [4.69, 9.17) is 52.1 Å². The van der Waals surface area contributed by atoms with E-state index in [1.807, 2.05) is 58.0 Å². The Morgan fingerprint density at radius 3 is 1.88 bits per heavy atom. The summed E-state index contributed by atoms with van der Waals surface area (Å²) in [5.41, 5.74) is -3.11. The minimum absolute atomic E-state index is 0.0567.